The number of carbonyl (C=O) groups excluding carboxylic acids is 2. The van der Waals surface area contributed by atoms with Crippen molar-refractivity contribution in [1.29, 1.82) is 0 Å². The molecule has 1 aromatic heterocycles. The van der Waals surface area contributed by atoms with Gasteiger partial charge in [0.25, 0.3) is 5.91 Å². The van der Waals surface area contributed by atoms with Crippen molar-refractivity contribution in [2.75, 3.05) is 5.32 Å². The molecule has 5 nitrogen and oxygen atoms in total. The number of carbonyl (C=O) groups is 2. The highest BCUT2D eigenvalue weighted by molar-refractivity contribution is 6.00. The number of amides is 2. The minimum Gasteiger partial charge on any atom is -0.348 e. The molecule has 1 fully saturated rings. The van der Waals surface area contributed by atoms with E-state index in [1.807, 2.05) is 31.2 Å². The highest BCUT2D eigenvalue weighted by Crippen LogP contribution is 2.35. The third kappa shape index (κ3) is 4.76. The molecule has 1 aliphatic rings. The van der Waals surface area contributed by atoms with Gasteiger partial charge in [0.1, 0.15) is 0 Å². The second kappa shape index (κ2) is 7.75. The average Bonchev–Trinajstić information content (AvgIpc) is 3.46. The molecule has 1 heterocycles. The summed E-state index contributed by atoms with van der Waals surface area (Å²) in [5, 5.41) is 5.76. The lowest BCUT2D eigenvalue weighted by Gasteiger charge is -2.11. The second-order valence-corrected chi connectivity index (χ2v) is 6.23. The van der Waals surface area contributed by atoms with Crippen molar-refractivity contribution in [1.82, 2.24) is 10.3 Å². The number of nitrogens with zero attached hydrogens (tertiary/aromatic N) is 1. The minimum absolute atomic E-state index is 0.129. The first-order chi connectivity index (χ1) is 12.1. The van der Waals surface area contributed by atoms with Crippen LogP contribution in [-0.4, -0.2) is 16.8 Å². The molecule has 0 bridgehead atoms. The van der Waals surface area contributed by atoms with Gasteiger partial charge in [0.15, 0.2) is 0 Å². The molecule has 0 unspecified atom stereocenters. The van der Waals surface area contributed by atoms with Crippen LogP contribution in [0, 0.1) is 5.92 Å². The molecule has 0 spiro atoms. The summed E-state index contributed by atoms with van der Waals surface area (Å²) < 4.78 is 0. The first-order valence-electron chi connectivity index (χ1n) is 8.39. The molecule has 2 aromatic rings. The Balaban J connectivity index is 1.63. The first kappa shape index (κ1) is 16.9. The molecule has 2 amide bonds. The van der Waals surface area contributed by atoms with Crippen LogP contribution in [0.5, 0.6) is 0 Å². The summed E-state index contributed by atoms with van der Waals surface area (Å²) in [5.74, 6) is 0.244. The standard InChI is InChI=1S/C20H21N3O2/c1-14(15-8-9-15)11-19(24)23-18-7-3-2-5-16(18)13-22-20(25)17-6-4-10-21-12-17/h2-7,10-12,15H,8-9,13H2,1H3,(H,22,25)(H,23,24)/b14-11+. The van der Waals surface area contributed by atoms with Crippen LogP contribution in [-0.2, 0) is 11.3 Å². The molecule has 1 saturated carbocycles. The molecule has 1 aliphatic carbocycles. The number of para-hydroxylation sites is 1. The van der Waals surface area contributed by atoms with Gasteiger partial charge in [-0.3, -0.25) is 14.6 Å². The number of pyridine rings is 1. The summed E-state index contributed by atoms with van der Waals surface area (Å²) in [6.07, 6.45) is 7.16. The van der Waals surface area contributed by atoms with Crippen LogP contribution < -0.4 is 10.6 Å². The first-order valence-corrected chi connectivity index (χ1v) is 8.39. The molecule has 0 aliphatic heterocycles. The van der Waals surface area contributed by atoms with Crippen LogP contribution in [0.4, 0.5) is 5.69 Å². The molecule has 128 valence electrons. The number of hydrogen-bond donors (Lipinski definition) is 2. The van der Waals surface area contributed by atoms with E-state index < -0.39 is 0 Å². The van der Waals surface area contributed by atoms with Crippen molar-refractivity contribution in [2.24, 2.45) is 5.92 Å². The van der Waals surface area contributed by atoms with E-state index in [-0.39, 0.29) is 11.8 Å². The largest absolute Gasteiger partial charge is 0.348 e. The predicted molar refractivity (Wildman–Crippen MR) is 97.0 cm³/mol. The molecule has 2 N–H and O–H groups in total. The number of anilines is 1. The normalized spacial score (nSPS) is 14.0. The van der Waals surface area contributed by atoms with Gasteiger partial charge in [0.05, 0.1) is 5.56 Å². The van der Waals surface area contributed by atoms with Crippen LogP contribution in [0.3, 0.4) is 0 Å². The van der Waals surface area contributed by atoms with Gasteiger partial charge in [0, 0.05) is 30.7 Å². The summed E-state index contributed by atoms with van der Waals surface area (Å²) >= 11 is 0. The smallest absolute Gasteiger partial charge is 0.253 e. The maximum atomic E-state index is 12.2. The Morgan fingerprint density at radius 3 is 2.72 bits per heavy atom. The number of hydrogen-bond acceptors (Lipinski definition) is 3. The van der Waals surface area contributed by atoms with Crippen molar-refractivity contribution in [3.8, 4) is 0 Å². The Labute approximate surface area is 147 Å². The number of benzene rings is 1. The minimum atomic E-state index is -0.196. The van der Waals surface area contributed by atoms with E-state index in [1.54, 1.807) is 24.4 Å². The molecular weight excluding hydrogens is 314 g/mol. The van der Waals surface area contributed by atoms with E-state index in [0.717, 1.165) is 11.1 Å². The molecule has 0 radical (unpaired) electrons. The number of aromatic nitrogens is 1. The zero-order valence-electron chi connectivity index (χ0n) is 14.2. The van der Waals surface area contributed by atoms with Gasteiger partial charge >= 0.3 is 0 Å². The van der Waals surface area contributed by atoms with Crippen LogP contribution in [0.2, 0.25) is 0 Å². The van der Waals surface area contributed by atoms with Crippen molar-refractivity contribution < 1.29 is 9.59 Å². The van der Waals surface area contributed by atoms with Crippen molar-refractivity contribution in [3.63, 3.8) is 0 Å². The number of rotatable bonds is 6. The zero-order valence-corrected chi connectivity index (χ0v) is 14.2. The van der Waals surface area contributed by atoms with E-state index in [0.29, 0.717) is 23.7 Å². The van der Waals surface area contributed by atoms with Gasteiger partial charge < -0.3 is 10.6 Å². The second-order valence-electron chi connectivity index (χ2n) is 6.23. The van der Waals surface area contributed by atoms with E-state index in [9.17, 15) is 9.59 Å². The average molecular weight is 335 g/mol. The van der Waals surface area contributed by atoms with Crippen LogP contribution in [0.15, 0.2) is 60.4 Å². The molecule has 5 heteroatoms. The van der Waals surface area contributed by atoms with Crippen molar-refractivity contribution in [3.05, 3.63) is 71.6 Å². The van der Waals surface area contributed by atoms with Gasteiger partial charge in [-0.2, -0.15) is 0 Å². The van der Waals surface area contributed by atoms with Gasteiger partial charge in [-0.1, -0.05) is 23.8 Å². The molecule has 0 atom stereocenters. The van der Waals surface area contributed by atoms with Crippen molar-refractivity contribution >= 4 is 17.5 Å². The number of allylic oxidation sites excluding steroid dienone is 1. The van der Waals surface area contributed by atoms with E-state index >= 15 is 0 Å². The Hall–Kier alpha value is -2.95. The highest BCUT2D eigenvalue weighted by Gasteiger charge is 2.23. The Morgan fingerprint density at radius 2 is 2.00 bits per heavy atom. The maximum Gasteiger partial charge on any atom is 0.253 e. The lowest BCUT2D eigenvalue weighted by molar-refractivity contribution is -0.112. The summed E-state index contributed by atoms with van der Waals surface area (Å²) in [4.78, 5) is 28.3. The van der Waals surface area contributed by atoms with Gasteiger partial charge in [0.2, 0.25) is 5.91 Å². The van der Waals surface area contributed by atoms with Crippen LogP contribution >= 0.6 is 0 Å². The van der Waals surface area contributed by atoms with Gasteiger partial charge in [-0.15, -0.1) is 0 Å². The third-order valence-electron chi connectivity index (χ3n) is 4.22. The topological polar surface area (TPSA) is 71.1 Å². The Morgan fingerprint density at radius 1 is 1.20 bits per heavy atom. The summed E-state index contributed by atoms with van der Waals surface area (Å²) in [6, 6.07) is 10.9. The summed E-state index contributed by atoms with van der Waals surface area (Å²) in [6.45, 7) is 2.33. The van der Waals surface area contributed by atoms with Crippen LogP contribution in [0.1, 0.15) is 35.7 Å². The SMILES string of the molecule is C/C(=C\C(=O)Nc1ccccc1CNC(=O)c1cccnc1)C1CC1. The van der Waals surface area contributed by atoms with E-state index in [1.165, 1.54) is 19.0 Å². The fourth-order valence-electron chi connectivity index (χ4n) is 2.60. The quantitative estimate of drug-likeness (QED) is 0.796. The summed E-state index contributed by atoms with van der Waals surface area (Å²) in [7, 11) is 0. The third-order valence-corrected chi connectivity index (χ3v) is 4.22. The molecule has 25 heavy (non-hydrogen) atoms. The van der Waals surface area contributed by atoms with Gasteiger partial charge in [-0.05, 0) is 49.4 Å². The Bertz CT molecular complexity index is 796. The zero-order chi connectivity index (χ0) is 17.6. The number of nitrogens with one attached hydrogen (secondary N) is 2. The molecule has 0 saturated heterocycles. The molecular formula is C20H21N3O2. The highest BCUT2D eigenvalue weighted by atomic mass is 16.2. The predicted octanol–water partition coefficient (Wildman–Crippen LogP) is 3.31. The Kier molecular flexibility index (Phi) is 5.23. The van der Waals surface area contributed by atoms with Gasteiger partial charge in [-0.25, -0.2) is 0 Å². The van der Waals surface area contributed by atoms with E-state index in [4.69, 9.17) is 0 Å². The fourth-order valence-corrected chi connectivity index (χ4v) is 2.60. The van der Waals surface area contributed by atoms with Crippen LogP contribution in [0.25, 0.3) is 0 Å². The lowest BCUT2D eigenvalue weighted by atomic mass is 10.1. The van der Waals surface area contributed by atoms with E-state index in [2.05, 4.69) is 15.6 Å². The monoisotopic (exact) mass is 335 g/mol. The lowest BCUT2D eigenvalue weighted by Crippen LogP contribution is -2.23. The summed E-state index contributed by atoms with van der Waals surface area (Å²) in [5.41, 5.74) is 3.19. The van der Waals surface area contributed by atoms with Crippen molar-refractivity contribution in [2.45, 2.75) is 26.3 Å². The maximum absolute atomic E-state index is 12.2. The fraction of sp³-hybridized carbons (Fsp3) is 0.250. The molecule has 3 rings (SSSR count). The molecule has 1 aromatic carbocycles.